The van der Waals surface area contributed by atoms with Crippen LogP contribution in [0.5, 0.6) is 0 Å². The Morgan fingerprint density at radius 2 is 1.21 bits per heavy atom. The van der Waals surface area contributed by atoms with Gasteiger partial charge in [0.15, 0.2) is 5.16 Å². The van der Waals surface area contributed by atoms with Crippen LogP contribution in [-0.4, -0.2) is 16.2 Å². The van der Waals surface area contributed by atoms with Gasteiger partial charge in [0, 0.05) is 25.9 Å². The van der Waals surface area contributed by atoms with Crippen molar-refractivity contribution >= 4 is 58.5 Å². The molecule has 0 aliphatic rings. The molecule has 1 aromatic heterocycles. The van der Waals surface area contributed by atoms with E-state index in [1.54, 1.807) is 23.5 Å². The molecule has 0 radical (unpaired) electrons. The maximum Gasteiger partial charge on any atom is 0.194 e. The normalized spacial score (nSPS) is 10.8. The molecule has 2 nitrogen and oxygen atoms in total. The molecule has 0 bridgehead atoms. The van der Waals surface area contributed by atoms with Gasteiger partial charge in [-0.1, -0.05) is 35.0 Å². The lowest BCUT2D eigenvalue weighted by atomic mass is 10.4. The Hall–Kier alpha value is -0.850. The monoisotopic (exact) mass is 410 g/mol. The van der Waals surface area contributed by atoms with E-state index in [2.05, 4.69) is 9.97 Å². The average Bonchev–Trinajstić information content (AvgIpc) is 2.59. The van der Waals surface area contributed by atoms with Crippen LogP contribution in [-0.2, 0) is 0 Å². The molecule has 3 rings (SSSR count). The van der Waals surface area contributed by atoms with E-state index < -0.39 is 0 Å². The second-order valence-corrected chi connectivity index (χ2v) is 8.48. The maximum atomic E-state index is 5.94. The van der Waals surface area contributed by atoms with Crippen molar-refractivity contribution in [3.63, 3.8) is 0 Å². The molecule has 0 saturated heterocycles. The van der Waals surface area contributed by atoms with E-state index in [1.165, 1.54) is 11.8 Å². The summed E-state index contributed by atoms with van der Waals surface area (Å²) >= 11 is 16.6. The summed E-state index contributed by atoms with van der Waals surface area (Å²) < 4.78 is 0. The van der Waals surface area contributed by atoms with E-state index in [9.17, 15) is 0 Å². The molecule has 0 amide bonds. The van der Waals surface area contributed by atoms with Gasteiger partial charge >= 0.3 is 0 Å². The van der Waals surface area contributed by atoms with Gasteiger partial charge < -0.3 is 0 Å². The third kappa shape index (κ3) is 5.07. The van der Waals surface area contributed by atoms with E-state index in [0.29, 0.717) is 0 Å². The highest BCUT2D eigenvalue weighted by molar-refractivity contribution is 8.00. The summed E-state index contributed by atoms with van der Waals surface area (Å²) in [5.41, 5.74) is 0. The third-order valence-corrected chi connectivity index (χ3v) is 5.86. The van der Waals surface area contributed by atoms with Crippen molar-refractivity contribution in [3.05, 3.63) is 64.6 Å². The van der Waals surface area contributed by atoms with Gasteiger partial charge in [-0.05, 0) is 66.5 Å². The summed E-state index contributed by atoms with van der Waals surface area (Å²) in [5.74, 6) is 0. The van der Waals surface area contributed by atoms with Crippen LogP contribution in [0.4, 0.5) is 0 Å². The molecule has 0 atom stereocenters. The Bertz CT molecular complexity index is 758. The molecule has 0 aliphatic heterocycles. The first kappa shape index (κ1) is 18.0. The number of benzene rings is 2. The molecule has 0 fully saturated rings. The van der Waals surface area contributed by atoms with Crippen LogP contribution in [0.2, 0.25) is 10.0 Å². The van der Waals surface area contributed by atoms with E-state index in [-0.39, 0.29) is 0 Å². The molecule has 0 N–H and O–H groups in total. The van der Waals surface area contributed by atoms with Crippen LogP contribution >= 0.6 is 58.5 Å². The lowest BCUT2D eigenvalue weighted by Crippen LogP contribution is -1.91. The Morgan fingerprint density at radius 3 is 1.75 bits per heavy atom. The van der Waals surface area contributed by atoms with Crippen molar-refractivity contribution < 1.29 is 0 Å². The van der Waals surface area contributed by atoms with Crippen molar-refractivity contribution in [1.29, 1.82) is 0 Å². The molecular formula is C17H12Cl2N2S3. The summed E-state index contributed by atoms with van der Waals surface area (Å²) in [7, 11) is 0. The highest BCUT2D eigenvalue weighted by atomic mass is 35.5. The van der Waals surface area contributed by atoms with E-state index in [4.69, 9.17) is 23.2 Å². The molecule has 0 unspecified atom stereocenters. The van der Waals surface area contributed by atoms with Gasteiger partial charge in [0.25, 0.3) is 0 Å². The SMILES string of the molecule is CSc1cc(Sc2ccc(Cl)cc2)nc(Sc2ccc(Cl)cc2)n1. The van der Waals surface area contributed by atoms with E-state index >= 15 is 0 Å². The maximum absolute atomic E-state index is 5.94. The van der Waals surface area contributed by atoms with Crippen molar-refractivity contribution in [2.45, 2.75) is 25.0 Å². The topological polar surface area (TPSA) is 25.8 Å². The molecule has 7 heteroatoms. The van der Waals surface area contributed by atoms with Crippen LogP contribution in [0.3, 0.4) is 0 Å². The van der Waals surface area contributed by atoms with Gasteiger partial charge in [-0.2, -0.15) is 0 Å². The number of thioether (sulfide) groups is 1. The fraction of sp³-hybridized carbons (Fsp3) is 0.0588. The molecular weight excluding hydrogens is 399 g/mol. The number of hydrogen-bond donors (Lipinski definition) is 0. The van der Waals surface area contributed by atoms with Crippen LogP contribution in [0, 0.1) is 0 Å². The van der Waals surface area contributed by atoms with Crippen LogP contribution < -0.4 is 0 Å². The number of halogens is 2. The zero-order chi connectivity index (χ0) is 16.9. The van der Waals surface area contributed by atoms with Crippen molar-refractivity contribution in [2.24, 2.45) is 0 Å². The lowest BCUT2D eigenvalue weighted by Gasteiger charge is -2.07. The minimum Gasteiger partial charge on any atom is -0.216 e. The molecule has 3 aromatic rings. The number of nitrogens with zero attached hydrogens (tertiary/aromatic N) is 2. The van der Waals surface area contributed by atoms with Gasteiger partial charge in [-0.3, -0.25) is 0 Å². The molecule has 24 heavy (non-hydrogen) atoms. The highest BCUT2D eigenvalue weighted by Gasteiger charge is 2.08. The quantitative estimate of drug-likeness (QED) is 0.261. The first-order valence-electron chi connectivity index (χ1n) is 6.92. The van der Waals surface area contributed by atoms with Gasteiger partial charge in [0.1, 0.15) is 10.1 Å². The summed E-state index contributed by atoms with van der Waals surface area (Å²) in [6.07, 6.45) is 2.01. The van der Waals surface area contributed by atoms with Crippen LogP contribution in [0.15, 0.2) is 79.6 Å². The minimum absolute atomic E-state index is 0.720. The molecule has 2 aromatic carbocycles. The molecule has 1 heterocycles. The molecule has 0 aliphatic carbocycles. The second-order valence-electron chi connectivity index (χ2n) is 4.64. The van der Waals surface area contributed by atoms with Crippen LogP contribution in [0.25, 0.3) is 0 Å². The number of hydrogen-bond acceptors (Lipinski definition) is 5. The minimum atomic E-state index is 0.720. The van der Waals surface area contributed by atoms with Crippen molar-refractivity contribution in [1.82, 2.24) is 9.97 Å². The summed E-state index contributed by atoms with van der Waals surface area (Å²) in [4.78, 5) is 11.4. The van der Waals surface area contributed by atoms with Crippen molar-refractivity contribution in [2.75, 3.05) is 6.26 Å². The summed E-state index contributed by atoms with van der Waals surface area (Å²) in [6, 6.07) is 17.4. The Balaban J connectivity index is 1.84. The Kier molecular flexibility index (Phi) is 6.36. The van der Waals surface area contributed by atoms with E-state index in [0.717, 1.165) is 35.0 Å². The highest BCUT2D eigenvalue weighted by Crippen LogP contribution is 2.33. The summed E-state index contributed by atoms with van der Waals surface area (Å²) in [6.45, 7) is 0. The molecule has 0 spiro atoms. The fourth-order valence-corrected chi connectivity index (χ4v) is 4.25. The van der Waals surface area contributed by atoms with Gasteiger partial charge in [-0.25, -0.2) is 9.97 Å². The smallest absolute Gasteiger partial charge is 0.194 e. The zero-order valence-corrected chi connectivity index (χ0v) is 16.5. The zero-order valence-electron chi connectivity index (χ0n) is 12.6. The Labute approximate surface area is 163 Å². The number of rotatable bonds is 5. The predicted octanol–water partition coefficient (Wildman–Crippen LogP) is 6.81. The Morgan fingerprint density at radius 1 is 0.708 bits per heavy atom. The molecule has 0 saturated carbocycles. The van der Waals surface area contributed by atoms with Gasteiger partial charge in [-0.15, -0.1) is 11.8 Å². The second kappa shape index (κ2) is 8.50. The summed E-state index contributed by atoms with van der Waals surface area (Å²) in [5, 5.41) is 4.02. The first-order valence-corrected chi connectivity index (χ1v) is 10.5. The molecule has 122 valence electrons. The number of aromatic nitrogens is 2. The largest absolute Gasteiger partial charge is 0.216 e. The van der Waals surface area contributed by atoms with Gasteiger partial charge in [0.05, 0.1) is 0 Å². The third-order valence-electron chi connectivity index (χ3n) is 2.93. The van der Waals surface area contributed by atoms with E-state index in [1.807, 2.05) is 60.9 Å². The lowest BCUT2D eigenvalue weighted by molar-refractivity contribution is 0.829. The average molecular weight is 411 g/mol. The first-order chi connectivity index (χ1) is 11.6. The van der Waals surface area contributed by atoms with Crippen molar-refractivity contribution in [3.8, 4) is 0 Å². The van der Waals surface area contributed by atoms with Crippen LogP contribution in [0.1, 0.15) is 0 Å². The predicted molar refractivity (Wildman–Crippen MR) is 105 cm³/mol. The van der Waals surface area contributed by atoms with Gasteiger partial charge in [0.2, 0.25) is 0 Å². The fourth-order valence-electron chi connectivity index (χ4n) is 1.82. The standard InChI is InChI=1S/C17H12Cl2N2S3/c1-22-15-10-16(23-13-6-2-11(18)3-7-13)21-17(20-15)24-14-8-4-12(19)5-9-14/h2-10H,1H3.